The molecule has 3 aliphatic heterocycles. The first kappa shape index (κ1) is 62.1. The van der Waals surface area contributed by atoms with Crippen molar-refractivity contribution in [2.24, 2.45) is 0 Å². The molecule has 0 amide bonds. The van der Waals surface area contributed by atoms with E-state index in [0.717, 1.165) is 74.1 Å². The molecule has 2 aromatic heterocycles. The van der Waals surface area contributed by atoms with Gasteiger partial charge >= 0.3 is 0 Å². The van der Waals surface area contributed by atoms with Gasteiger partial charge in [-0.3, -0.25) is 0 Å². The van der Waals surface area contributed by atoms with E-state index in [4.69, 9.17) is 4.74 Å². The number of hydrogen-bond acceptors (Lipinski definition) is 4. The van der Waals surface area contributed by atoms with Crippen molar-refractivity contribution in [1.82, 2.24) is 9.13 Å². The first-order chi connectivity index (χ1) is 45.9. The van der Waals surface area contributed by atoms with E-state index in [-0.39, 0.29) is 39.2 Å². The summed E-state index contributed by atoms with van der Waals surface area (Å²) in [4.78, 5) is 7.79. The number of para-hydroxylation sites is 6. The molecule has 0 unspecified atom stereocenters. The number of fused-ring (bicyclic) bond motifs is 12. The molecule has 0 spiro atoms. The quantitative estimate of drug-likeness (QED) is 0.161. The number of anilines is 9. The highest BCUT2D eigenvalue weighted by molar-refractivity contribution is 7.00. The van der Waals surface area contributed by atoms with Crippen LogP contribution in [-0.4, -0.2) is 15.8 Å². The van der Waals surface area contributed by atoms with Crippen molar-refractivity contribution in [2.75, 3.05) is 14.7 Å². The predicted octanol–water partition coefficient (Wildman–Crippen LogP) is 23.3. The van der Waals surface area contributed by atoms with E-state index in [0.29, 0.717) is 0 Å². The number of nitrogens with zero attached hydrogens (tertiary/aromatic N) is 5. The zero-order valence-electron chi connectivity index (χ0n) is 60.0. The fourth-order valence-electron chi connectivity index (χ4n) is 15.5. The summed E-state index contributed by atoms with van der Waals surface area (Å²) >= 11 is 0. The summed E-state index contributed by atoms with van der Waals surface area (Å²) in [6, 6.07) is 84.2. The lowest BCUT2D eigenvalue weighted by Gasteiger charge is -2.46. The largest absolute Gasteiger partial charge is 0.453 e. The van der Waals surface area contributed by atoms with Crippen LogP contribution in [0.1, 0.15) is 158 Å². The standard InChI is InChI=1S/C90H90BN5O/c1-85(2,3)55-35-41-74-68(49-55)69-50-56(86(4,5)6)36-42-75(69)93(74)62-38-40-71-79(52-62)96(64-47-59(89(13,14)15)44-60(48-64)90(16,17)18)81-54-65(94-76-31-23-25-33-82(76)97-83-34-26-24-32-77(83)94)53-80-84(81)91(71)70-39-37-61(92-72-29-21-19-27-66(72)67-28-20-22-30-73(67)92)51-78(70)95(80)63-45-57(87(7,8)9)43-58(46-63)88(10,11)12/h19-54H,1-18H3. The van der Waals surface area contributed by atoms with Crippen molar-refractivity contribution in [3.8, 4) is 22.9 Å². The Labute approximate surface area is 574 Å². The molecule has 0 atom stereocenters. The van der Waals surface area contributed by atoms with Gasteiger partial charge in [0.2, 0.25) is 0 Å². The molecule has 13 aromatic rings. The predicted molar refractivity (Wildman–Crippen MR) is 416 cm³/mol. The highest BCUT2D eigenvalue weighted by atomic mass is 16.5. The van der Waals surface area contributed by atoms with E-state index in [1.165, 1.54) is 93.4 Å². The zero-order valence-corrected chi connectivity index (χ0v) is 60.0. The van der Waals surface area contributed by atoms with E-state index in [2.05, 4.69) is 367 Å². The molecule has 0 aliphatic carbocycles. The van der Waals surface area contributed by atoms with Gasteiger partial charge in [-0.25, -0.2) is 0 Å². The lowest BCUT2D eigenvalue weighted by atomic mass is 9.33. The van der Waals surface area contributed by atoms with Crippen molar-refractivity contribution in [3.63, 3.8) is 0 Å². The van der Waals surface area contributed by atoms with E-state index < -0.39 is 0 Å². The van der Waals surface area contributed by atoms with Gasteiger partial charge in [-0.15, -0.1) is 0 Å². The molecule has 3 aliphatic rings. The first-order valence-corrected chi connectivity index (χ1v) is 35.0. The maximum Gasteiger partial charge on any atom is 0.252 e. The zero-order chi connectivity index (χ0) is 67.9. The summed E-state index contributed by atoms with van der Waals surface area (Å²) in [5, 5.41) is 5.01. The number of ether oxygens (including phenoxy) is 1. The third-order valence-corrected chi connectivity index (χ3v) is 21.1. The molecular formula is C90H90BN5O. The summed E-state index contributed by atoms with van der Waals surface area (Å²) in [5.74, 6) is 1.62. The molecule has 6 nitrogen and oxygen atoms in total. The van der Waals surface area contributed by atoms with Crippen LogP contribution in [0.25, 0.3) is 55.0 Å². The Morgan fingerprint density at radius 3 is 0.948 bits per heavy atom. The SMILES string of the molecule is CC(C)(C)c1cc(N2c3cc(-n4c5ccccc5c5ccccc54)ccc3B3c4ccc(-n5c6ccc(C(C)(C)C)cc6c6cc(C(C)(C)C)ccc65)cc4N(c4cc(C(C)(C)C)cc(C(C)(C)C)c4)c4cc(N5c6ccccc6Oc6ccccc65)cc2c43)cc(C(C)(C)C)c1. The van der Waals surface area contributed by atoms with Crippen molar-refractivity contribution in [2.45, 2.75) is 157 Å². The van der Waals surface area contributed by atoms with Crippen LogP contribution in [0, 0.1) is 0 Å². The van der Waals surface area contributed by atoms with Crippen LogP contribution in [0.5, 0.6) is 11.5 Å². The van der Waals surface area contributed by atoms with Crippen molar-refractivity contribution in [3.05, 3.63) is 252 Å². The average molecular weight is 1270 g/mol. The number of aromatic nitrogens is 2. The maximum atomic E-state index is 6.88. The Bertz CT molecular complexity index is 5190. The Kier molecular flexibility index (Phi) is 13.7. The van der Waals surface area contributed by atoms with Gasteiger partial charge in [-0.05, 0) is 204 Å². The number of rotatable bonds is 5. The van der Waals surface area contributed by atoms with Crippen molar-refractivity contribution < 1.29 is 4.74 Å². The first-order valence-electron chi connectivity index (χ1n) is 35.0. The molecule has 0 saturated heterocycles. The highest BCUT2D eigenvalue weighted by Gasteiger charge is 2.46. The van der Waals surface area contributed by atoms with Gasteiger partial charge in [0.05, 0.1) is 39.1 Å². The van der Waals surface area contributed by atoms with Gasteiger partial charge in [0.1, 0.15) is 0 Å². The third-order valence-electron chi connectivity index (χ3n) is 21.1. The lowest BCUT2D eigenvalue weighted by Crippen LogP contribution is -2.61. The molecule has 0 saturated carbocycles. The van der Waals surface area contributed by atoms with Crippen LogP contribution < -0.4 is 35.8 Å². The molecule has 5 heterocycles. The highest BCUT2D eigenvalue weighted by Crippen LogP contribution is 2.55. The maximum absolute atomic E-state index is 6.88. The van der Waals surface area contributed by atoms with E-state index >= 15 is 0 Å². The summed E-state index contributed by atoms with van der Waals surface area (Å²) in [5.41, 5.74) is 27.6. The smallest absolute Gasteiger partial charge is 0.252 e. The van der Waals surface area contributed by atoms with Gasteiger partial charge in [0.15, 0.2) is 11.5 Å². The normalized spacial score (nSPS) is 14.1. The fraction of sp³-hybridized carbons (Fsp3) is 0.267. The van der Waals surface area contributed by atoms with Gasteiger partial charge in [-0.1, -0.05) is 222 Å². The molecule has 7 heteroatoms. The average Bonchev–Trinajstić information content (AvgIpc) is 1.08. The summed E-state index contributed by atoms with van der Waals surface area (Å²) < 4.78 is 11.9. The van der Waals surface area contributed by atoms with E-state index in [1.807, 2.05) is 0 Å². The van der Waals surface area contributed by atoms with Crippen LogP contribution in [0.4, 0.5) is 51.2 Å². The summed E-state index contributed by atoms with van der Waals surface area (Å²) in [7, 11) is 0. The van der Waals surface area contributed by atoms with Crippen LogP contribution >= 0.6 is 0 Å². The topological polar surface area (TPSA) is 28.8 Å². The minimum absolute atomic E-state index is 0.0408. The Morgan fingerprint density at radius 1 is 0.247 bits per heavy atom. The van der Waals surface area contributed by atoms with Gasteiger partial charge in [-0.2, -0.15) is 0 Å². The van der Waals surface area contributed by atoms with E-state index in [1.54, 1.807) is 0 Å². The minimum Gasteiger partial charge on any atom is -0.453 e. The second-order valence-corrected chi connectivity index (χ2v) is 34.1. The number of benzene rings is 11. The Balaban J connectivity index is 1.08. The van der Waals surface area contributed by atoms with Crippen LogP contribution in [-0.2, 0) is 32.5 Å². The summed E-state index contributed by atoms with van der Waals surface area (Å²) in [6.45, 7) is 42.1. The van der Waals surface area contributed by atoms with Crippen LogP contribution in [0.3, 0.4) is 0 Å². The molecule has 16 rings (SSSR count). The number of hydrogen-bond donors (Lipinski definition) is 0. The second kappa shape index (κ2) is 21.4. The van der Waals surface area contributed by atoms with E-state index in [9.17, 15) is 0 Å². The second-order valence-electron chi connectivity index (χ2n) is 34.1. The molecule has 0 bridgehead atoms. The molecule has 97 heavy (non-hydrogen) atoms. The molecule has 0 fully saturated rings. The van der Waals surface area contributed by atoms with Gasteiger partial charge < -0.3 is 28.6 Å². The Hall–Kier alpha value is -9.72. The summed E-state index contributed by atoms with van der Waals surface area (Å²) in [6.07, 6.45) is 0. The monoisotopic (exact) mass is 1270 g/mol. The third kappa shape index (κ3) is 10.1. The molecular weight excluding hydrogens is 1180 g/mol. The molecule has 11 aromatic carbocycles. The van der Waals surface area contributed by atoms with Crippen LogP contribution in [0.2, 0.25) is 0 Å². The molecule has 484 valence electrons. The van der Waals surface area contributed by atoms with Crippen LogP contribution in [0.15, 0.2) is 218 Å². The van der Waals surface area contributed by atoms with Crippen molar-refractivity contribution >= 4 is 118 Å². The van der Waals surface area contributed by atoms with Gasteiger partial charge in [0.25, 0.3) is 6.71 Å². The van der Waals surface area contributed by atoms with Crippen molar-refractivity contribution in [1.29, 1.82) is 0 Å². The lowest BCUT2D eigenvalue weighted by molar-refractivity contribution is 0.477. The fourth-order valence-corrected chi connectivity index (χ4v) is 15.5. The molecule has 0 radical (unpaired) electrons. The Morgan fingerprint density at radius 2 is 0.567 bits per heavy atom. The molecule has 0 N–H and O–H groups in total. The minimum atomic E-state index is -0.204. The van der Waals surface area contributed by atoms with Gasteiger partial charge in [0, 0.05) is 67.0 Å².